The molecule has 1 heteroatoms. The molecule has 78 valence electrons. The molecule has 0 saturated carbocycles. The number of likely N-dealkylation sites (tertiary alicyclic amines) is 1. The lowest BCUT2D eigenvalue weighted by atomic mass is 9.80. The van der Waals surface area contributed by atoms with Crippen molar-refractivity contribution in [1.82, 2.24) is 4.90 Å². The molecule has 1 rings (SSSR count). The molecule has 1 heterocycles. The van der Waals surface area contributed by atoms with Crippen LogP contribution < -0.4 is 0 Å². The molecule has 2 atom stereocenters. The Morgan fingerprint density at radius 1 is 1.31 bits per heavy atom. The minimum absolute atomic E-state index is 0.849. The summed E-state index contributed by atoms with van der Waals surface area (Å²) in [5.74, 6) is 2.70. The van der Waals surface area contributed by atoms with Crippen molar-refractivity contribution in [2.75, 3.05) is 19.6 Å². The molecule has 1 fully saturated rings. The summed E-state index contributed by atoms with van der Waals surface area (Å²) in [6.45, 7) is 13.3. The Hall–Kier alpha value is -0.0400. The normalized spacial score (nSPS) is 27.9. The third-order valence-electron chi connectivity index (χ3n) is 3.78. The summed E-state index contributed by atoms with van der Waals surface area (Å²) in [6, 6.07) is 0. The van der Waals surface area contributed by atoms with Gasteiger partial charge in [0, 0.05) is 6.54 Å². The van der Waals surface area contributed by atoms with Crippen molar-refractivity contribution in [2.24, 2.45) is 17.8 Å². The van der Waals surface area contributed by atoms with Crippen molar-refractivity contribution in [2.45, 2.75) is 40.5 Å². The van der Waals surface area contributed by atoms with E-state index in [0.29, 0.717) is 0 Å². The summed E-state index contributed by atoms with van der Waals surface area (Å²) < 4.78 is 0. The van der Waals surface area contributed by atoms with Gasteiger partial charge in [-0.1, -0.05) is 27.7 Å². The summed E-state index contributed by atoms with van der Waals surface area (Å²) in [6.07, 6.45) is 2.87. The fourth-order valence-corrected chi connectivity index (χ4v) is 2.35. The van der Waals surface area contributed by atoms with Gasteiger partial charge in [-0.15, -0.1) is 0 Å². The van der Waals surface area contributed by atoms with Crippen LogP contribution in [0.5, 0.6) is 0 Å². The molecule has 0 aromatic carbocycles. The van der Waals surface area contributed by atoms with Crippen molar-refractivity contribution < 1.29 is 0 Å². The molecule has 1 aliphatic rings. The third kappa shape index (κ3) is 2.98. The second-order valence-corrected chi connectivity index (χ2v) is 4.90. The molecule has 0 N–H and O–H groups in total. The summed E-state index contributed by atoms with van der Waals surface area (Å²) in [5, 5.41) is 0. The summed E-state index contributed by atoms with van der Waals surface area (Å²) >= 11 is 0. The average Bonchev–Trinajstić information content (AvgIpc) is 2.16. The first-order valence-corrected chi connectivity index (χ1v) is 5.87. The maximum absolute atomic E-state index is 2.60. The standard InChI is InChI=1S/C12H25N/c1-5-13-8-6-7-12(9-13)11(4)10(2)3/h10-12H,5-9H2,1-4H3. The number of piperidine rings is 1. The van der Waals surface area contributed by atoms with Crippen molar-refractivity contribution in [3.63, 3.8) is 0 Å². The first kappa shape index (κ1) is 11.0. The van der Waals surface area contributed by atoms with Gasteiger partial charge in [-0.3, -0.25) is 0 Å². The van der Waals surface area contributed by atoms with Gasteiger partial charge in [-0.2, -0.15) is 0 Å². The fraction of sp³-hybridized carbons (Fsp3) is 1.00. The van der Waals surface area contributed by atoms with Crippen molar-refractivity contribution in [3.8, 4) is 0 Å². The van der Waals surface area contributed by atoms with E-state index in [4.69, 9.17) is 0 Å². The Kier molecular flexibility index (Phi) is 4.24. The lowest BCUT2D eigenvalue weighted by molar-refractivity contribution is 0.126. The molecular formula is C12H25N. The van der Waals surface area contributed by atoms with E-state index in [1.54, 1.807) is 0 Å². The lowest BCUT2D eigenvalue weighted by Gasteiger charge is -2.36. The zero-order valence-electron chi connectivity index (χ0n) is 9.71. The van der Waals surface area contributed by atoms with Crippen molar-refractivity contribution in [3.05, 3.63) is 0 Å². The topological polar surface area (TPSA) is 3.24 Å². The predicted octanol–water partition coefficient (Wildman–Crippen LogP) is 3.01. The van der Waals surface area contributed by atoms with Crippen LogP contribution in [0.3, 0.4) is 0 Å². The van der Waals surface area contributed by atoms with Crippen LogP contribution in [0.1, 0.15) is 40.5 Å². The van der Waals surface area contributed by atoms with Crippen LogP contribution in [0.2, 0.25) is 0 Å². The predicted molar refractivity (Wildman–Crippen MR) is 58.8 cm³/mol. The van der Waals surface area contributed by atoms with E-state index in [1.807, 2.05) is 0 Å². The Balaban J connectivity index is 2.41. The van der Waals surface area contributed by atoms with Crippen molar-refractivity contribution >= 4 is 0 Å². The van der Waals surface area contributed by atoms with Crippen LogP contribution in [0, 0.1) is 17.8 Å². The number of nitrogens with zero attached hydrogens (tertiary/aromatic N) is 1. The summed E-state index contributed by atoms with van der Waals surface area (Å²) in [7, 11) is 0. The Bertz CT molecular complexity index is 142. The zero-order valence-corrected chi connectivity index (χ0v) is 9.71. The molecule has 0 aromatic heterocycles. The quantitative estimate of drug-likeness (QED) is 0.650. The van der Waals surface area contributed by atoms with E-state index in [2.05, 4.69) is 32.6 Å². The molecule has 0 aliphatic carbocycles. The molecule has 1 saturated heterocycles. The summed E-state index contributed by atoms with van der Waals surface area (Å²) in [5.41, 5.74) is 0. The first-order valence-electron chi connectivity index (χ1n) is 5.87. The van der Waals surface area contributed by atoms with Crippen LogP contribution in [0.15, 0.2) is 0 Å². The average molecular weight is 183 g/mol. The van der Waals surface area contributed by atoms with Gasteiger partial charge in [0.1, 0.15) is 0 Å². The van der Waals surface area contributed by atoms with E-state index >= 15 is 0 Å². The molecule has 0 radical (unpaired) electrons. The van der Waals surface area contributed by atoms with E-state index in [0.717, 1.165) is 17.8 Å². The fourth-order valence-electron chi connectivity index (χ4n) is 2.35. The monoisotopic (exact) mass is 183 g/mol. The molecular weight excluding hydrogens is 158 g/mol. The van der Waals surface area contributed by atoms with Crippen LogP contribution in [0.4, 0.5) is 0 Å². The number of hydrogen-bond donors (Lipinski definition) is 0. The van der Waals surface area contributed by atoms with Crippen LogP contribution in [-0.2, 0) is 0 Å². The Labute approximate surface area is 83.5 Å². The van der Waals surface area contributed by atoms with Gasteiger partial charge in [-0.25, -0.2) is 0 Å². The van der Waals surface area contributed by atoms with Crippen molar-refractivity contribution in [1.29, 1.82) is 0 Å². The molecule has 1 nitrogen and oxygen atoms in total. The highest BCUT2D eigenvalue weighted by Crippen LogP contribution is 2.28. The maximum atomic E-state index is 2.60. The largest absolute Gasteiger partial charge is 0.303 e. The summed E-state index contributed by atoms with van der Waals surface area (Å²) in [4.78, 5) is 2.60. The SMILES string of the molecule is CCN1CCCC(C(C)C(C)C)C1. The van der Waals surface area contributed by atoms with E-state index in [-0.39, 0.29) is 0 Å². The highest BCUT2D eigenvalue weighted by Gasteiger charge is 2.25. The van der Waals surface area contributed by atoms with Gasteiger partial charge < -0.3 is 4.90 Å². The highest BCUT2D eigenvalue weighted by molar-refractivity contribution is 4.77. The maximum Gasteiger partial charge on any atom is 0.00122 e. The smallest absolute Gasteiger partial charge is 0.00122 e. The molecule has 0 amide bonds. The highest BCUT2D eigenvalue weighted by atomic mass is 15.1. The first-order chi connectivity index (χ1) is 6.15. The molecule has 0 bridgehead atoms. The van der Waals surface area contributed by atoms with Crippen LogP contribution >= 0.6 is 0 Å². The second-order valence-electron chi connectivity index (χ2n) is 4.90. The van der Waals surface area contributed by atoms with Crippen LogP contribution in [0.25, 0.3) is 0 Å². The third-order valence-corrected chi connectivity index (χ3v) is 3.78. The van der Waals surface area contributed by atoms with Gasteiger partial charge in [0.05, 0.1) is 0 Å². The van der Waals surface area contributed by atoms with E-state index < -0.39 is 0 Å². The van der Waals surface area contributed by atoms with E-state index in [1.165, 1.54) is 32.5 Å². The molecule has 2 unspecified atom stereocenters. The Morgan fingerprint density at radius 2 is 2.00 bits per heavy atom. The van der Waals surface area contributed by atoms with Gasteiger partial charge in [0.2, 0.25) is 0 Å². The number of hydrogen-bond acceptors (Lipinski definition) is 1. The van der Waals surface area contributed by atoms with Gasteiger partial charge in [0.25, 0.3) is 0 Å². The van der Waals surface area contributed by atoms with Crippen LogP contribution in [-0.4, -0.2) is 24.5 Å². The molecule has 1 aliphatic heterocycles. The minimum atomic E-state index is 0.849. The Morgan fingerprint density at radius 3 is 2.54 bits per heavy atom. The molecule has 0 spiro atoms. The van der Waals surface area contributed by atoms with Gasteiger partial charge in [0.15, 0.2) is 0 Å². The second kappa shape index (κ2) is 4.99. The van der Waals surface area contributed by atoms with Gasteiger partial charge in [-0.05, 0) is 43.7 Å². The molecule has 0 aromatic rings. The zero-order chi connectivity index (χ0) is 9.84. The molecule has 13 heavy (non-hydrogen) atoms. The van der Waals surface area contributed by atoms with E-state index in [9.17, 15) is 0 Å². The minimum Gasteiger partial charge on any atom is -0.303 e. The lowest BCUT2D eigenvalue weighted by Crippen LogP contribution is -2.38. The van der Waals surface area contributed by atoms with Gasteiger partial charge >= 0.3 is 0 Å². The number of rotatable bonds is 3.